The summed E-state index contributed by atoms with van der Waals surface area (Å²) in [6.45, 7) is 0.328. The molecule has 0 saturated heterocycles. The lowest BCUT2D eigenvalue weighted by molar-refractivity contribution is 0.0948. The fourth-order valence-electron chi connectivity index (χ4n) is 3.47. The van der Waals surface area contributed by atoms with E-state index in [9.17, 15) is 4.79 Å². The molecule has 0 bridgehead atoms. The Morgan fingerprint density at radius 1 is 0.966 bits per heavy atom. The van der Waals surface area contributed by atoms with Gasteiger partial charge in [-0.15, -0.1) is 0 Å². The maximum atomic E-state index is 13.0. The van der Waals surface area contributed by atoms with Crippen LogP contribution in [0.4, 0.5) is 0 Å². The van der Waals surface area contributed by atoms with Crippen LogP contribution < -0.4 is 5.32 Å². The van der Waals surface area contributed by atoms with Crippen molar-refractivity contribution in [3.8, 4) is 11.4 Å². The van der Waals surface area contributed by atoms with E-state index in [4.69, 9.17) is 0 Å². The first-order valence-electron chi connectivity index (χ1n) is 9.29. The molecule has 0 unspecified atom stereocenters. The van der Waals surface area contributed by atoms with Gasteiger partial charge in [0.15, 0.2) is 5.69 Å². The second-order valence-electron chi connectivity index (χ2n) is 6.64. The topological polar surface area (TPSA) is 72.2 Å². The molecule has 4 aromatic heterocycles. The predicted octanol–water partition coefficient (Wildman–Crippen LogP) is 3.87. The fourth-order valence-corrected chi connectivity index (χ4v) is 3.47. The standard InChI is InChI=1S/C23H17N5O/c29-23(26-15-19-18-8-2-1-6-16(18)10-12-25-19)21-20-9-3-4-13-28(20)22(27-21)17-7-5-11-24-14-17/h1-14H,15H2,(H,26,29). The summed E-state index contributed by atoms with van der Waals surface area (Å²) in [5.41, 5.74) is 2.80. The summed E-state index contributed by atoms with van der Waals surface area (Å²) in [6, 6.07) is 19.4. The van der Waals surface area contributed by atoms with Crippen LogP contribution in [0.3, 0.4) is 0 Å². The molecule has 0 spiro atoms. The molecule has 6 nitrogen and oxygen atoms in total. The lowest BCUT2D eigenvalue weighted by Crippen LogP contribution is -2.24. The van der Waals surface area contributed by atoms with Crippen LogP contribution in [-0.4, -0.2) is 25.3 Å². The number of rotatable bonds is 4. The molecule has 0 radical (unpaired) electrons. The highest BCUT2D eigenvalue weighted by molar-refractivity contribution is 6.00. The van der Waals surface area contributed by atoms with Crippen molar-refractivity contribution in [3.63, 3.8) is 0 Å². The van der Waals surface area contributed by atoms with Gasteiger partial charge in [-0.25, -0.2) is 4.98 Å². The average Bonchev–Trinajstić information content (AvgIpc) is 3.18. The Labute approximate surface area is 166 Å². The summed E-state index contributed by atoms with van der Waals surface area (Å²) in [7, 11) is 0. The Morgan fingerprint density at radius 2 is 1.86 bits per heavy atom. The first kappa shape index (κ1) is 17.1. The Morgan fingerprint density at radius 3 is 2.76 bits per heavy atom. The maximum absolute atomic E-state index is 13.0. The van der Waals surface area contributed by atoms with Gasteiger partial charge in [0, 0.05) is 35.7 Å². The third-order valence-corrected chi connectivity index (χ3v) is 4.86. The van der Waals surface area contributed by atoms with Crippen LogP contribution in [0.15, 0.2) is 85.5 Å². The van der Waals surface area contributed by atoms with E-state index in [0.717, 1.165) is 27.5 Å². The van der Waals surface area contributed by atoms with Gasteiger partial charge in [0.25, 0.3) is 5.91 Å². The Kier molecular flexibility index (Phi) is 4.22. The van der Waals surface area contributed by atoms with Crippen molar-refractivity contribution < 1.29 is 4.79 Å². The lowest BCUT2D eigenvalue weighted by Gasteiger charge is -2.07. The number of hydrogen-bond donors (Lipinski definition) is 1. The SMILES string of the molecule is O=C(NCc1nccc2ccccc12)c1nc(-c2cccnc2)n2ccccc12. The van der Waals surface area contributed by atoms with Crippen LogP contribution in [0.25, 0.3) is 27.7 Å². The molecule has 5 rings (SSSR count). The van der Waals surface area contributed by atoms with Gasteiger partial charge in [-0.05, 0) is 35.7 Å². The highest BCUT2D eigenvalue weighted by Gasteiger charge is 2.18. The number of nitrogens with one attached hydrogen (secondary N) is 1. The number of amides is 1. The van der Waals surface area contributed by atoms with Gasteiger partial charge in [0.2, 0.25) is 0 Å². The first-order chi connectivity index (χ1) is 14.3. The van der Waals surface area contributed by atoms with Crippen LogP contribution in [0.5, 0.6) is 0 Å². The van der Waals surface area contributed by atoms with E-state index in [2.05, 4.69) is 20.3 Å². The zero-order valence-corrected chi connectivity index (χ0v) is 15.5. The molecule has 6 heteroatoms. The van der Waals surface area contributed by atoms with Gasteiger partial charge in [-0.2, -0.15) is 0 Å². The van der Waals surface area contributed by atoms with Crippen LogP contribution in [0, 0.1) is 0 Å². The quantitative estimate of drug-likeness (QED) is 0.514. The third kappa shape index (κ3) is 3.10. The lowest BCUT2D eigenvalue weighted by atomic mass is 10.1. The minimum absolute atomic E-state index is 0.237. The zero-order valence-electron chi connectivity index (χ0n) is 15.5. The molecule has 1 amide bonds. The van der Waals surface area contributed by atoms with Gasteiger partial charge in [-0.3, -0.25) is 19.2 Å². The van der Waals surface area contributed by atoms with Crippen LogP contribution >= 0.6 is 0 Å². The van der Waals surface area contributed by atoms with Crippen molar-refractivity contribution in [2.24, 2.45) is 0 Å². The van der Waals surface area contributed by atoms with E-state index in [0.29, 0.717) is 18.1 Å². The summed E-state index contributed by atoms with van der Waals surface area (Å²) in [5, 5.41) is 5.10. The van der Waals surface area contributed by atoms with Gasteiger partial charge in [0.1, 0.15) is 5.82 Å². The number of carbonyl (C=O) groups excluding carboxylic acids is 1. The molecule has 0 aliphatic carbocycles. The van der Waals surface area contributed by atoms with Crippen molar-refractivity contribution in [2.45, 2.75) is 6.54 Å². The number of pyridine rings is 3. The fraction of sp³-hybridized carbons (Fsp3) is 0.0435. The van der Waals surface area contributed by atoms with Crippen molar-refractivity contribution in [1.29, 1.82) is 0 Å². The van der Waals surface area contributed by atoms with E-state index >= 15 is 0 Å². The Hall–Kier alpha value is -4.06. The predicted molar refractivity (Wildman–Crippen MR) is 111 cm³/mol. The number of aromatic nitrogens is 4. The maximum Gasteiger partial charge on any atom is 0.272 e. The molecule has 5 aromatic rings. The molecule has 29 heavy (non-hydrogen) atoms. The second kappa shape index (κ2) is 7.16. The smallest absolute Gasteiger partial charge is 0.272 e. The van der Waals surface area contributed by atoms with Crippen LogP contribution in [0.1, 0.15) is 16.2 Å². The molecule has 0 fully saturated rings. The number of nitrogens with zero attached hydrogens (tertiary/aromatic N) is 4. The van der Waals surface area contributed by atoms with E-state index in [-0.39, 0.29) is 5.91 Å². The van der Waals surface area contributed by atoms with E-state index in [1.54, 1.807) is 18.6 Å². The largest absolute Gasteiger partial charge is 0.345 e. The second-order valence-corrected chi connectivity index (χ2v) is 6.64. The summed E-state index contributed by atoms with van der Waals surface area (Å²) >= 11 is 0. The molecule has 1 N–H and O–H groups in total. The highest BCUT2D eigenvalue weighted by atomic mass is 16.1. The highest BCUT2D eigenvalue weighted by Crippen LogP contribution is 2.22. The van der Waals surface area contributed by atoms with Crippen molar-refractivity contribution in [2.75, 3.05) is 0 Å². The van der Waals surface area contributed by atoms with Crippen LogP contribution in [0.2, 0.25) is 0 Å². The first-order valence-corrected chi connectivity index (χ1v) is 9.29. The van der Waals surface area contributed by atoms with Gasteiger partial charge in [-0.1, -0.05) is 30.3 Å². The van der Waals surface area contributed by atoms with Gasteiger partial charge in [0.05, 0.1) is 17.8 Å². The summed E-state index contributed by atoms with van der Waals surface area (Å²) in [5.74, 6) is 0.445. The number of benzene rings is 1. The van der Waals surface area contributed by atoms with E-state index in [1.807, 2.05) is 71.3 Å². The Bertz CT molecular complexity index is 1320. The molecule has 1 aromatic carbocycles. The number of fused-ring (bicyclic) bond motifs is 2. The van der Waals surface area contributed by atoms with Gasteiger partial charge < -0.3 is 5.32 Å². The van der Waals surface area contributed by atoms with E-state index < -0.39 is 0 Å². The summed E-state index contributed by atoms with van der Waals surface area (Å²) in [4.78, 5) is 26.2. The minimum atomic E-state index is -0.237. The molecule has 0 aliphatic heterocycles. The minimum Gasteiger partial charge on any atom is -0.345 e. The zero-order chi connectivity index (χ0) is 19.6. The molecule has 0 atom stereocenters. The average molecular weight is 379 g/mol. The molecule has 0 aliphatic rings. The van der Waals surface area contributed by atoms with Gasteiger partial charge >= 0.3 is 0 Å². The number of imidazole rings is 1. The van der Waals surface area contributed by atoms with Crippen molar-refractivity contribution in [3.05, 3.63) is 96.8 Å². The molecule has 0 saturated carbocycles. The summed E-state index contributed by atoms with van der Waals surface area (Å²) in [6.07, 6.45) is 7.11. The molecule has 140 valence electrons. The molecular formula is C23H17N5O. The Balaban J connectivity index is 1.49. The number of hydrogen-bond acceptors (Lipinski definition) is 4. The van der Waals surface area contributed by atoms with E-state index in [1.165, 1.54) is 0 Å². The number of carbonyl (C=O) groups is 1. The van der Waals surface area contributed by atoms with Crippen molar-refractivity contribution in [1.82, 2.24) is 24.7 Å². The van der Waals surface area contributed by atoms with Crippen LogP contribution in [-0.2, 0) is 6.54 Å². The molecule has 4 heterocycles. The normalized spacial score (nSPS) is 11.0. The van der Waals surface area contributed by atoms with Crippen molar-refractivity contribution >= 4 is 22.2 Å². The third-order valence-electron chi connectivity index (χ3n) is 4.86. The monoisotopic (exact) mass is 379 g/mol. The molecular weight excluding hydrogens is 362 g/mol. The summed E-state index contributed by atoms with van der Waals surface area (Å²) < 4.78 is 1.90.